The second kappa shape index (κ2) is 12.0. The van der Waals surface area contributed by atoms with Gasteiger partial charge in [-0.05, 0) is 19.1 Å². The summed E-state index contributed by atoms with van der Waals surface area (Å²) in [6.07, 6.45) is -14.8. The van der Waals surface area contributed by atoms with E-state index < -0.39 is 108 Å². The lowest BCUT2D eigenvalue weighted by Gasteiger charge is -2.39. The van der Waals surface area contributed by atoms with Crippen LogP contribution in [0.25, 0.3) is 0 Å². The van der Waals surface area contributed by atoms with Gasteiger partial charge in [-0.15, -0.1) is 0 Å². The molecule has 0 saturated carbocycles. The van der Waals surface area contributed by atoms with Crippen LogP contribution in [0.3, 0.4) is 0 Å². The molecule has 0 aliphatic rings. The first-order valence-corrected chi connectivity index (χ1v) is 10.4. The lowest BCUT2D eigenvalue weighted by Crippen LogP contribution is -2.67. The molecule has 0 aliphatic heterocycles. The highest BCUT2D eigenvalue weighted by atomic mass is 19.4. The number of carbonyl (C=O) groups is 1. The Morgan fingerprint density at radius 2 is 0.867 bits per heavy atom. The summed E-state index contributed by atoms with van der Waals surface area (Å²) in [5, 5.41) is 0. The molecule has 0 aromatic rings. The monoisotopic (exact) mass is 720 g/mol. The minimum Gasteiger partial charge on any atom is -0.462 e. The molecule has 45 heavy (non-hydrogen) atoms. The van der Waals surface area contributed by atoms with Crippen LogP contribution >= 0.6 is 0 Å². The first kappa shape index (κ1) is 42.1. The summed E-state index contributed by atoms with van der Waals surface area (Å²) in [6.45, 7) is 1.67. The maximum atomic E-state index is 13.8. The first-order valence-electron chi connectivity index (χ1n) is 10.4. The lowest BCUT2D eigenvalue weighted by molar-refractivity contribution is -0.419. The average Bonchev–Trinajstić information content (AvgIpc) is 2.84. The number of esters is 1. The van der Waals surface area contributed by atoms with E-state index in [0.29, 0.717) is 0 Å². The summed E-state index contributed by atoms with van der Waals surface area (Å²) < 4.78 is 310. The van der Waals surface area contributed by atoms with Gasteiger partial charge in [0, 0.05) is 5.57 Å². The van der Waals surface area contributed by atoms with Crippen molar-refractivity contribution in [3.63, 3.8) is 0 Å². The molecule has 0 aliphatic carbocycles. The van der Waals surface area contributed by atoms with Crippen LogP contribution < -0.4 is 0 Å². The van der Waals surface area contributed by atoms with Crippen molar-refractivity contribution < 1.29 is 111 Å². The van der Waals surface area contributed by atoms with E-state index in [1.807, 2.05) is 0 Å². The van der Waals surface area contributed by atoms with Crippen molar-refractivity contribution in [3.05, 3.63) is 36.0 Å². The summed E-state index contributed by atoms with van der Waals surface area (Å²) in [4.78, 5) is 11.0. The molecule has 0 bridgehead atoms. The van der Waals surface area contributed by atoms with Gasteiger partial charge in [0.05, 0.1) is 13.0 Å². The van der Waals surface area contributed by atoms with E-state index in [1.54, 1.807) is 0 Å². The molecule has 0 unspecified atom stereocenters. The largest absolute Gasteiger partial charge is 0.462 e. The van der Waals surface area contributed by atoms with Crippen molar-refractivity contribution >= 4 is 5.97 Å². The second-order valence-electron chi connectivity index (χ2n) is 8.49. The zero-order valence-corrected chi connectivity index (χ0v) is 20.8. The summed E-state index contributed by atoms with van der Waals surface area (Å²) in [5.74, 6) is -81.4. The fourth-order valence-electron chi connectivity index (χ4n) is 2.40. The van der Waals surface area contributed by atoms with Gasteiger partial charge >= 0.3 is 65.4 Å². The minimum atomic E-state index is -8.33. The Balaban J connectivity index is 6.64. The van der Waals surface area contributed by atoms with E-state index in [9.17, 15) is 106 Å². The first-order chi connectivity index (χ1) is 19.4. The minimum absolute atomic E-state index is 0.622. The fraction of sp³-hybridized carbons (Fsp3) is 0.650. The quantitative estimate of drug-likeness (QED) is 0.0774. The predicted molar refractivity (Wildman–Crippen MR) is 99.4 cm³/mol. The van der Waals surface area contributed by atoms with Gasteiger partial charge in [-0.25, -0.2) is 13.6 Å². The Labute approximate surface area is 233 Å². The number of hydrogen-bond donors (Lipinski definition) is 0. The zero-order chi connectivity index (χ0) is 36.8. The smallest absolute Gasteiger partial charge is 0.460 e. The van der Waals surface area contributed by atoms with Crippen molar-refractivity contribution in [1.82, 2.24) is 0 Å². The van der Waals surface area contributed by atoms with Crippen LogP contribution in [0.15, 0.2) is 36.0 Å². The maximum Gasteiger partial charge on any atom is 0.460 e. The Morgan fingerprint density at radius 1 is 0.556 bits per heavy atom. The normalized spacial score (nSPS) is 16.2. The van der Waals surface area contributed by atoms with E-state index >= 15 is 0 Å². The molecule has 0 spiro atoms. The highest BCUT2D eigenvalue weighted by molar-refractivity contribution is 5.86. The highest BCUT2D eigenvalue weighted by Crippen LogP contribution is 2.60. The summed E-state index contributed by atoms with van der Waals surface area (Å²) in [7, 11) is 0. The molecule has 2 nitrogen and oxygen atoms in total. The van der Waals surface area contributed by atoms with Gasteiger partial charge < -0.3 is 4.74 Å². The molecule has 0 N–H and O–H groups in total. The third-order valence-electron chi connectivity index (χ3n) is 5.15. The van der Waals surface area contributed by atoms with Crippen molar-refractivity contribution in [1.29, 1.82) is 0 Å². The Morgan fingerprint density at radius 3 is 1.16 bits per heavy atom. The molecule has 0 heterocycles. The molecule has 264 valence electrons. The van der Waals surface area contributed by atoms with Crippen LogP contribution in [0.1, 0.15) is 13.3 Å². The van der Waals surface area contributed by atoms with Crippen LogP contribution in [0, 0.1) is 0 Å². The zero-order valence-electron chi connectivity index (χ0n) is 20.8. The van der Waals surface area contributed by atoms with Gasteiger partial charge in [0.2, 0.25) is 0 Å². The second-order valence-corrected chi connectivity index (χ2v) is 8.49. The molecule has 0 saturated heterocycles. The van der Waals surface area contributed by atoms with Crippen LogP contribution in [-0.4, -0.2) is 72.1 Å². The summed E-state index contributed by atoms with van der Waals surface area (Å²) in [6, 6.07) is 0. The third-order valence-corrected chi connectivity index (χ3v) is 5.15. The van der Waals surface area contributed by atoms with E-state index in [0.717, 1.165) is 6.92 Å². The van der Waals surface area contributed by atoms with Gasteiger partial charge in [-0.3, -0.25) is 0 Å². The van der Waals surface area contributed by atoms with Gasteiger partial charge in [0.15, 0.2) is 11.7 Å². The van der Waals surface area contributed by atoms with Gasteiger partial charge in [0.25, 0.3) is 0 Å². The van der Waals surface area contributed by atoms with Crippen molar-refractivity contribution in [3.8, 4) is 0 Å². The molecule has 0 aromatic heterocycles. The molecule has 0 rings (SSSR count). The van der Waals surface area contributed by atoms with Gasteiger partial charge in [-0.1, -0.05) is 6.58 Å². The lowest BCUT2D eigenvalue weighted by atomic mass is 9.92. The molecule has 0 radical (unpaired) electrons. The van der Waals surface area contributed by atoms with Crippen LogP contribution in [-0.2, 0) is 9.53 Å². The molecule has 0 fully saturated rings. The summed E-state index contributed by atoms with van der Waals surface area (Å²) >= 11 is 0. The fourth-order valence-corrected chi connectivity index (χ4v) is 2.40. The number of alkyl halides is 21. The molecule has 25 heteroatoms. The van der Waals surface area contributed by atoms with Crippen LogP contribution in [0.5, 0.6) is 0 Å². The average molecular weight is 720 g/mol. The standard InChI is InChI=1S/C20H11F23O2/c1-7(2)10(44)45-6-5-11(23,24)14(29,30)17(35,36)15(31,32)12(25,26)8(21)3-4-9(22)13(27,28)16(33,34)18(37,38)19(39,40)20(41,42)43/h3-4H,1,5-6H2,2H3. The number of carbonyl (C=O) groups excluding carboxylic acids is 1. The van der Waals surface area contributed by atoms with Gasteiger partial charge in [-0.2, -0.15) is 92.2 Å². The number of halogens is 23. The maximum absolute atomic E-state index is 13.8. The number of rotatable bonds is 14. The summed E-state index contributed by atoms with van der Waals surface area (Å²) in [5.41, 5.74) is -0.622. The number of hydrogen-bond acceptors (Lipinski definition) is 2. The van der Waals surface area contributed by atoms with E-state index in [2.05, 4.69) is 11.3 Å². The van der Waals surface area contributed by atoms with E-state index in [-0.39, 0.29) is 0 Å². The Bertz CT molecular complexity index is 1170. The highest BCUT2D eigenvalue weighted by Gasteiger charge is 2.88. The SMILES string of the molecule is C=C(C)C(=O)OCCC(F)(F)C(F)(F)C(F)(F)C(F)(F)C(F)(F)C(F)=CC=C(F)C(F)(F)C(F)(F)C(F)(F)C(F)(F)C(F)(F)F. The van der Waals surface area contributed by atoms with Gasteiger partial charge in [0.1, 0.15) is 0 Å². The Kier molecular flexibility index (Phi) is 11.2. The molecule has 0 aromatic carbocycles. The van der Waals surface area contributed by atoms with Crippen molar-refractivity contribution in [2.75, 3.05) is 6.61 Å². The van der Waals surface area contributed by atoms with Crippen LogP contribution in [0.2, 0.25) is 0 Å². The molecule has 0 atom stereocenters. The molecule has 0 amide bonds. The number of ether oxygens (including phenoxy) is 1. The van der Waals surface area contributed by atoms with Crippen molar-refractivity contribution in [2.24, 2.45) is 0 Å². The molecular formula is C20H11F23O2. The number of allylic oxidation sites excluding steroid dienone is 4. The van der Waals surface area contributed by atoms with Crippen molar-refractivity contribution in [2.45, 2.75) is 72.8 Å². The topological polar surface area (TPSA) is 26.3 Å². The van der Waals surface area contributed by atoms with Crippen LogP contribution in [0.4, 0.5) is 101 Å². The van der Waals surface area contributed by atoms with E-state index in [4.69, 9.17) is 0 Å². The molecular weight excluding hydrogens is 709 g/mol. The predicted octanol–water partition coefficient (Wildman–Crippen LogP) is 9.48. The Hall–Kier alpha value is -2.92. The van der Waals surface area contributed by atoms with E-state index in [1.165, 1.54) is 0 Å². The third kappa shape index (κ3) is 6.66.